The third-order valence-corrected chi connectivity index (χ3v) is 8.83. The molecule has 0 radical (unpaired) electrons. The lowest BCUT2D eigenvalue weighted by Crippen LogP contribution is -2.66. The van der Waals surface area contributed by atoms with Crippen molar-refractivity contribution >= 4 is 0 Å². The molecule has 4 aliphatic heterocycles. The molecule has 4 fully saturated rings. The van der Waals surface area contributed by atoms with Gasteiger partial charge in [0.05, 0.1) is 0 Å². The molecule has 180 valence electrons. The van der Waals surface area contributed by atoms with Gasteiger partial charge in [0.2, 0.25) is 0 Å². The van der Waals surface area contributed by atoms with Crippen molar-refractivity contribution in [2.45, 2.75) is 90.4 Å². The van der Waals surface area contributed by atoms with E-state index in [1.54, 1.807) is 0 Å². The topological polar surface area (TPSA) is 16.2 Å². The summed E-state index contributed by atoms with van der Waals surface area (Å²) in [5.74, 6) is 0.927. The van der Waals surface area contributed by atoms with E-state index in [1.807, 2.05) is 0 Å². The number of piperazine rings is 1. The molecule has 0 bridgehead atoms. The fourth-order valence-corrected chi connectivity index (χ4v) is 6.32. The van der Waals surface area contributed by atoms with Crippen molar-refractivity contribution in [3.05, 3.63) is 0 Å². The second-order valence-electron chi connectivity index (χ2n) is 12.9. The highest BCUT2D eigenvalue weighted by molar-refractivity contribution is 4.96. The third kappa shape index (κ3) is 6.03. The first-order chi connectivity index (χ1) is 14.6. The minimum atomic E-state index is 0.331. The van der Waals surface area contributed by atoms with Crippen LogP contribution in [0.5, 0.6) is 0 Å². The standard InChI is InChI=1S/C26H51N5/c1-25(2,3)30-17-15-27(16-18-30)19-22-7-11-28(12-8-22)23-9-13-29(14-10-23)24-20-31(21-24)26(4,5)6/h22-24H,7-21H2,1-6H3. The number of hydrogen-bond donors (Lipinski definition) is 0. The molecule has 0 aromatic heterocycles. The minimum absolute atomic E-state index is 0.331. The molecule has 4 heterocycles. The molecule has 0 aliphatic carbocycles. The molecule has 0 aromatic carbocycles. The van der Waals surface area contributed by atoms with Gasteiger partial charge >= 0.3 is 0 Å². The molecule has 4 saturated heterocycles. The van der Waals surface area contributed by atoms with Crippen molar-refractivity contribution in [3.8, 4) is 0 Å². The van der Waals surface area contributed by atoms with Crippen LogP contribution in [0.2, 0.25) is 0 Å². The molecule has 0 spiro atoms. The van der Waals surface area contributed by atoms with Gasteiger partial charge < -0.3 is 9.80 Å². The highest BCUT2D eigenvalue weighted by Crippen LogP contribution is 2.29. The van der Waals surface area contributed by atoms with Gasteiger partial charge in [-0.1, -0.05) is 0 Å². The summed E-state index contributed by atoms with van der Waals surface area (Å²) in [5, 5.41) is 0. The Bertz CT molecular complexity index is 549. The highest BCUT2D eigenvalue weighted by Gasteiger charge is 2.39. The molecule has 0 aromatic rings. The number of rotatable bonds is 4. The molecule has 4 rings (SSSR count). The SMILES string of the molecule is CC(C)(C)N1CCN(CC2CCN(C3CCN(C4CN(C(C)(C)C)C4)CC3)CC2)CC1. The highest BCUT2D eigenvalue weighted by atomic mass is 15.3. The Balaban J connectivity index is 1.12. The van der Waals surface area contributed by atoms with Gasteiger partial charge in [-0.25, -0.2) is 0 Å². The zero-order valence-electron chi connectivity index (χ0n) is 21.6. The fraction of sp³-hybridized carbons (Fsp3) is 1.00. The number of hydrogen-bond acceptors (Lipinski definition) is 5. The van der Waals surface area contributed by atoms with Crippen molar-refractivity contribution in [1.29, 1.82) is 0 Å². The second kappa shape index (κ2) is 9.58. The molecule has 31 heavy (non-hydrogen) atoms. The third-order valence-electron chi connectivity index (χ3n) is 8.83. The summed E-state index contributed by atoms with van der Waals surface area (Å²) in [6, 6.07) is 1.68. The average Bonchev–Trinajstić information content (AvgIpc) is 2.67. The van der Waals surface area contributed by atoms with Crippen LogP contribution < -0.4 is 0 Å². The van der Waals surface area contributed by atoms with Gasteiger partial charge in [-0.3, -0.25) is 14.7 Å². The maximum atomic E-state index is 2.85. The van der Waals surface area contributed by atoms with E-state index in [1.165, 1.54) is 97.7 Å². The molecule has 0 unspecified atom stereocenters. The summed E-state index contributed by atoms with van der Waals surface area (Å²) in [5.41, 5.74) is 0.678. The van der Waals surface area contributed by atoms with Gasteiger partial charge in [-0.15, -0.1) is 0 Å². The number of piperidine rings is 2. The van der Waals surface area contributed by atoms with Crippen LogP contribution >= 0.6 is 0 Å². The Morgan fingerprint density at radius 3 is 1.55 bits per heavy atom. The quantitative estimate of drug-likeness (QED) is 0.675. The summed E-state index contributed by atoms with van der Waals surface area (Å²) < 4.78 is 0. The minimum Gasteiger partial charge on any atom is -0.301 e. The first-order valence-corrected chi connectivity index (χ1v) is 13.3. The lowest BCUT2D eigenvalue weighted by Gasteiger charge is -2.53. The predicted molar refractivity (Wildman–Crippen MR) is 132 cm³/mol. The van der Waals surface area contributed by atoms with Crippen LogP contribution in [-0.4, -0.2) is 120 Å². The summed E-state index contributed by atoms with van der Waals surface area (Å²) in [4.78, 5) is 13.7. The molecule has 5 heteroatoms. The zero-order valence-corrected chi connectivity index (χ0v) is 21.6. The largest absolute Gasteiger partial charge is 0.301 e. The van der Waals surface area contributed by atoms with Gasteiger partial charge in [-0.2, -0.15) is 0 Å². The molecule has 0 atom stereocenters. The average molecular weight is 434 g/mol. The lowest BCUT2D eigenvalue weighted by atomic mass is 9.91. The van der Waals surface area contributed by atoms with Crippen molar-refractivity contribution < 1.29 is 0 Å². The predicted octanol–water partition coefficient (Wildman–Crippen LogP) is 3.06. The van der Waals surface area contributed by atoms with E-state index in [2.05, 4.69) is 66.0 Å². The van der Waals surface area contributed by atoms with Crippen molar-refractivity contribution in [3.63, 3.8) is 0 Å². The summed E-state index contributed by atoms with van der Waals surface area (Å²) >= 11 is 0. The Labute approximate surface area is 193 Å². The van der Waals surface area contributed by atoms with Crippen LogP contribution in [0.25, 0.3) is 0 Å². The summed E-state index contributed by atoms with van der Waals surface area (Å²) in [6.45, 7) is 28.4. The van der Waals surface area contributed by atoms with Crippen LogP contribution in [-0.2, 0) is 0 Å². The van der Waals surface area contributed by atoms with E-state index >= 15 is 0 Å². The Morgan fingerprint density at radius 2 is 1.03 bits per heavy atom. The Kier molecular flexibility index (Phi) is 7.40. The molecule has 0 amide bonds. The molecular formula is C26H51N5. The number of nitrogens with zero attached hydrogens (tertiary/aromatic N) is 5. The van der Waals surface area contributed by atoms with E-state index in [0.29, 0.717) is 11.1 Å². The van der Waals surface area contributed by atoms with E-state index in [9.17, 15) is 0 Å². The first-order valence-electron chi connectivity index (χ1n) is 13.3. The van der Waals surface area contributed by atoms with Gasteiger partial charge in [0.15, 0.2) is 0 Å². The maximum Gasteiger partial charge on any atom is 0.0350 e. The molecule has 0 N–H and O–H groups in total. The van der Waals surface area contributed by atoms with E-state index in [-0.39, 0.29) is 0 Å². The lowest BCUT2D eigenvalue weighted by molar-refractivity contribution is -0.0393. The van der Waals surface area contributed by atoms with Crippen LogP contribution in [0.1, 0.15) is 67.2 Å². The molecular weight excluding hydrogens is 382 g/mol. The van der Waals surface area contributed by atoms with Gasteiger partial charge in [-0.05, 0) is 86.2 Å². The maximum absolute atomic E-state index is 2.85. The normalized spacial score (nSPS) is 28.8. The number of likely N-dealkylation sites (tertiary alicyclic amines) is 3. The summed E-state index contributed by atoms with van der Waals surface area (Å²) in [6.07, 6.45) is 5.63. The molecule has 0 saturated carbocycles. The fourth-order valence-electron chi connectivity index (χ4n) is 6.32. The van der Waals surface area contributed by atoms with Crippen LogP contribution in [0.3, 0.4) is 0 Å². The van der Waals surface area contributed by atoms with Crippen molar-refractivity contribution in [2.75, 3.05) is 72.0 Å². The van der Waals surface area contributed by atoms with Crippen molar-refractivity contribution in [2.24, 2.45) is 5.92 Å². The summed E-state index contributed by atoms with van der Waals surface area (Å²) in [7, 11) is 0. The Morgan fingerprint density at radius 1 is 0.548 bits per heavy atom. The van der Waals surface area contributed by atoms with Crippen LogP contribution in [0.4, 0.5) is 0 Å². The molecule has 4 aliphatic rings. The second-order valence-corrected chi connectivity index (χ2v) is 12.9. The zero-order chi connectivity index (χ0) is 22.2. The van der Waals surface area contributed by atoms with Gasteiger partial charge in [0.1, 0.15) is 0 Å². The van der Waals surface area contributed by atoms with E-state index < -0.39 is 0 Å². The van der Waals surface area contributed by atoms with E-state index in [0.717, 1.165) is 18.0 Å². The Hall–Kier alpha value is -0.200. The first kappa shape index (κ1) is 23.9. The monoisotopic (exact) mass is 433 g/mol. The van der Waals surface area contributed by atoms with Crippen LogP contribution in [0.15, 0.2) is 0 Å². The van der Waals surface area contributed by atoms with Crippen LogP contribution in [0, 0.1) is 5.92 Å². The van der Waals surface area contributed by atoms with Gasteiger partial charge in [0.25, 0.3) is 0 Å². The van der Waals surface area contributed by atoms with Gasteiger partial charge in [0, 0.05) is 82.1 Å². The van der Waals surface area contributed by atoms with E-state index in [4.69, 9.17) is 0 Å². The smallest absolute Gasteiger partial charge is 0.0350 e. The van der Waals surface area contributed by atoms with Crippen molar-refractivity contribution in [1.82, 2.24) is 24.5 Å². The molecule has 5 nitrogen and oxygen atoms in total.